The fraction of sp³-hybridized carbons (Fsp3) is 0.0455. The number of nitrogens with one attached hydrogen (secondary N) is 2. The summed E-state index contributed by atoms with van der Waals surface area (Å²) < 4.78 is 0. The second-order valence-electron chi connectivity index (χ2n) is 6.34. The second kappa shape index (κ2) is 9.43. The maximum atomic E-state index is 12.4. The topological polar surface area (TPSA) is 90.8 Å². The van der Waals surface area contributed by atoms with E-state index in [1.165, 1.54) is 30.3 Å². The molecule has 0 saturated carbocycles. The first-order valence-electron chi connectivity index (χ1n) is 8.84. The van der Waals surface area contributed by atoms with E-state index < -0.39 is 5.91 Å². The number of benzene rings is 3. The molecule has 0 spiro atoms. The molecule has 0 aliphatic rings. The van der Waals surface area contributed by atoms with Gasteiger partial charge in [-0.25, -0.2) is 5.43 Å². The molecule has 0 aliphatic carbocycles. The van der Waals surface area contributed by atoms with Crippen LogP contribution >= 0.6 is 23.2 Å². The standard InChI is InChI=1S/C22H17Cl2N3O3/c1-13(26-27-21(29)15-4-9-18(28)10-5-15)14-2-7-17(8-3-14)25-22(30)19-11-6-16(23)12-20(19)24/h2-12,28H,1H3,(H,25,30)(H,27,29). The monoisotopic (exact) mass is 441 g/mol. The van der Waals surface area contributed by atoms with Gasteiger partial charge in [0.15, 0.2) is 0 Å². The third kappa shape index (κ3) is 5.37. The number of carbonyl (C=O) groups excluding carboxylic acids is 2. The van der Waals surface area contributed by atoms with Crippen molar-refractivity contribution >= 4 is 46.4 Å². The summed E-state index contributed by atoms with van der Waals surface area (Å²) in [6.07, 6.45) is 0. The highest BCUT2D eigenvalue weighted by Gasteiger charge is 2.11. The molecule has 0 fully saturated rings. The summed E-state index contributed by atoms with van der Waals surface area (Å²) in [6.45, 7) is 1.75. The molecule has 0 saturated heterocycles. The number of aromatic hydroxyl groups is 1. The molecule has 2 amide bonds. The first-order valence-corrected chi connectivity index (χ1v) is 9.59. The van der Waals surface area contributed by atoms with Gasteiger partial charge in [0, 0.05) is 16.3 Å². The van der Waals surface area contributed by atoms with Gasteiger partial charge in [-0.05, 0) is 67.1 Å². The van der Waals surface area contributed by atoms with E-state index in [9.17, 15) is 14.7 Å². The van der Waals surface area contributed by atoms with Crippen molar-refractivity contribution in [1.82, 2.24) is 5.43 Å². The lowest BCUT2D eigenvalue weighted by Gasteiger charge is -2.08. The van der Waals surface area contributed by atoms with Crippen LogP contribution in [0.25, 0.3) is 0 Å². The van der Waals surface area contributed by atoms with Crippen molar-refractivity contribution < 1.29 is 14.7 Å². The minimum Gasteiger partial charge on any atom is -0.508 e. The maximum Gasteiger partial charge on any atom is 0.271 e. The molecule has 0 aromatic heterocycles. The van der Waals surface area contributed by atoms with Gasteiger partial charge in [-0.3, -0.25) is 9.59 Å². The van der Waals surface area contributed by atoms with Crippen LogP contribution in [0.2, 0.25) is 10.0 Å². The fourth-order valence-electron chi connectivity index (χ4n) is 2.54. The molecule has 0 atom stereocenters. The van der Waals surface area contributed by atoms with Crippen molar-refractivity contribution in [2.24, 2.45) is 5.10 Å². The zero-order chi connectivity index (χ0) is 21.7. The number of hydrogen-bond donors (Lipinski definition) is 3. The van der Waals surface area contributed by atoms with Crippen LogP contribution in [0.4, 0.5) is 5.69 Å². The molecular weight excluding hydrogens is 425 g/mol. The number of phenols is 1. The first-order chi connectivity index (χ1) is 14.3. The van der Waals surface area contributed by atoms with Gasteiger partial charge >= 0.3 is 0 Å². The number of anilines is 1. The quantitative estimate of drug-likeness (QED) is 0.379. The summed E-state index contributed by atoms with van der Waals surface area (Å²) in [5.41, 5.74) is 5.10. The molecule has 30 heavy (non-hydrogen) atoms. The van der Waals surface area contributed by atoms with Gasteiger partial charge in [0.1, 0.15) is 5.75 Å². The molecule has 3 aromatic rings. The van der Waals surface area contributed by atoms with E-state index in [4.69, 9.17) is 23.2 Å². The smallest absolute Gasteiger partial charge is 0.271 e. The number of amides is 2. The third-order valence-corrected chi connectivity index (χ3v) is 4.74. The Morgan fingerprint density at radius 3 is 2.13 bits per heavy atom. The van der Waals surface area contributed by atoms with Crippen molar-refractivity contribution in [3.63, 3.8) is 0 Å². The molecule has 3 N–H and O–H groups in total. The van der Waals surface area contributed by atoms with Crippen molar-refractivity contribution in [2.45, 2.75) is 6.92 Å². The zero-order valence-corrected chi connectivity index (χ0v) is 17.3. The summed E-state index contributed by atoms with van der Waals surface area (Å²) in [4.78, 5) is 24.5. The summed E-state index contributed by atoms with van der Waals surface area (Å²) in [7, 11) is 0. The van der Waals surface area contributed by atoms with Crippen molar-refractivity contribution in [3.8, 4) is 5.75 Å². The van der Waals surface area contributed by atoms with Crippen LogP contribution in [-0.4, -0.2) is 22.6 Å². The molecule has 0 radical (unpaired) electrons. The number of hydrogen-bond acceptors (Lipinski definition) is 4. The lowest BCUT2D eigenvalue weighted by Crippen LogP contribution is -2.19. The van der Waals surface area contributed by atoms with Gasteiger partial charge in [0.25, 0.3) is 11.8 Å². The van der Waals surface area contributed by atoms with Gasteiger partial charge in [0.05, 0.1) is 16.3 Å². The van der Waals surface area contributed by atoms with E-state index in [-0.39, 0.29) is 16.7 Å². The van der Waals surface area contributed by atoms with Crippen LogP contribution in [0.1, 0.15) is 33.2 Å². The normalized spacial score (nSPS) is 11.1. The first kappa shape index (κ1) is 21.4. The molecule has 3 rings (SSSR count). The molecule has 0 heterocycles. The Kier molecular flexibility index (Phi) is 6.72. The van der Waals surface area contributed by atoms with E-state index in [1.807, 2.05) is 0 Å². The minimum absolute atomic E-state index is 0.0803. The molecule has 6 nitrogen and oxygen atoms in total. The van der Waals surface area contributed by atoms with Gasteiger partial charge in [-0.15, -0.1) is 0 Å². The van der Waals surface area contributed by atoms with Gasteiger partial charge in [-0.1, -0.05) is 35.3 Å². The summed E-state index contributed by atoms with van der Waals surface area (Å²) in [5.74, 6) is -0.661. The van der Waals surface area contributed by atoms with Crippen molar-refractivity contribution in [1.29, 1.82) is 0 Å². The van der Waals surface area contributed by atoms with Gasteiger partial charge < -0.3 is 10.4 Å². The van der Waals surface area contributed by atoms with E-state index in [2.05, 4.69) is 15.8 Å². The van der Waals surface area contributed by atoms with E-state index in [1.54, 1.807) is 43.3 Å². The minimum atomic E-state index is -0.391. The van der Waals surface area contributed by atoms with Gasteiger partial charge in [-0.2, -0.15) is 5.10 Å². The second-order valence-corrected chi connectivity index (χ2v) is 7.18. The summed E-state index contributed by atoms with van der Waals surface area (Å²) in [5, 5.41) is 16.8. The lowest BCUT2D eigenvalue weighted by atomic mass is 10.1. The number of nitrogens with zero attached hydrogens (tertiary/aromatic N) is 1. The number of hydrazone groups is 1. The average Bonchev–Trinajstić information content (AvgIpc) is 2.72. The molecule has 0 bridgehead atoms. The molecule has 3 aromatic carbocycles. The Labute approximate surface area is 183 Å². The molecule has 152 valence electrons. The van der Waals surface area contributed by atoms with Crippen molar-refractivity contribution in [3.05, 3.63) is 93.5 Å². The predicted octanol–water partition coefficient (Wildman–Crippen LogP) is 5.11. The largest absolute Gasteiger partial charge is 0.508 e. The van der Waals surface area contributed by atoms with E-state index in [0.717, 1.165) is 5.56 Å². The summed E-state index contributed by atoms with van der Waals surface area (Å²) >= 11 is 11.9. The summed E-state index contributed by atoms with van der Waals surface area (Å²) in [6, 6.07) is 17.5. The Hall–Kier alpha value is -3.35. The molecule has 0 unspecified atom stereocenters. The SMILES string of the molecule is CC(=NNC(=O)c1ccc(O)cc1)c1ccc(NC(=O)c2ccc(Cl)cc2Cl)cc1. The zero-order valence-electron chi connectivity index (χ0n) is 15.8. The van der Waals surface area contributed by atoms with Crippen LogP contribution in [-0.2, 0) is 0 Å². The van der Waals surface area contributed by atoms with Crippen LogP contribution in [0.15, 0.2) is 71.8 Å². The Morgan fingerprint density at radius 1 is 0.867 bits per heavy atom. The van der Waals surface area contributed by atoms with E-state index >= 15 is 0 Å². The maximum absolute atomic E-state index is 12.4. The van der Waals surface area contributed by atoms with Gasteiger partial charge in [0.2, 0.25) is 0 Å². The van der Waals surface area contributed by atoms with E-state index in [0.29, 0.717) is 27.5 Å². The molecule has 8 heteroatoms. The number of carbonyl (C=O) groups is 2. The third-order valence-electron chi connectivity index (χ3n) is 4.19. The molecule has 0 aliphatic heterocycles. The number of halogens is 2. The fourth-order valence-corrected chi connectivity index (χ4v) is 3.04. The Bertz CT molecular complexity index is 1110. The highest BCUT2D eigenvalue weighted by Crippen LogP contribution is 2.22. The Balaban J connectivity index is 1.64. The lowest BCUT2D eigenvalue weighted by molar-refractivity contribution is 0.0954. The highest BCUT2D eigenvalue weighted by molar-refractivity contribution is 6.37. The Morgan fingerprint density at radius 2 is 1.50 bits per heavy atom. The van der Waals surface area contributed by atoms with Crippen LogP contribution in [0.5, 0.6) is 5.75 Å². The average molecular weight is 442 g/mol. The highest BCUT2D eigenvalue weighted by atomic mass is 35.5. The van der Waals surface area contributed by atoms with Crippen LogP contribution in [0.3, 0.4) is 0 Å². The van der Waals surface area contributed by atoms with Crippen molar-refractivity contribution in [2.75, 3.05) is 5.32 Å². The van der Waals surface area contributed by atoms with Crippen LogP contribution < -0.4 is 10.7 Å². The van der Waals surface area contributed by atoms with Crippen LogP contribution in [0, 0.1) is 0 Å². The number of phenolic OH excluding ortho intramolecular Hbond substituents is 1. The predicted molar refractivity (Wildman–Crippen MR) is 119 cm³/mol. The molecular formula is C22H17Cl2N3O3. The number of rotatable bonds is 5.